The van der Waals surface area contributed by atoms with Crippen molar-refractivity contribution in [3.8, 4) is 5.75 Å². The SMILES string of the molecule is CCOc1ccc(C2(CNC)CCCCC2)cc1. The van der Waals surface area contributed by atoms with Gasteiger partial charge in [0.05, 0.1) is 6.61 Å². The molecule has 0 atom stereocenters. The summed E-state index contributed by atoms with van der Waals surface area (Å²) in [5, 5.41) is 3.39. The van der Waals surface area contributed by atoms with Crippen molar-refractivity contribution < 1.29 is 4.74 Å². The molecule has 2 rings (SSSR count). The normalized spacial score (nSPS) is 18.6. The number of hydrogen-bond acceptors (Lipinski definition) is 2. The smallest absolute Gasteiger partial charge is 0.119 e. The van der Waals surface area contributed by atoms with Crippen molar-refractivity contribution in [3.63, 3.8) is 0 Å². The highest BCUT2D eigenvalue weighted by atomic mass is 16.5. The number of nitrogens with one attached hydrogen (secondary N) is 1. The third kappa shape index (κ3) is 2.86. The second-order valence-electron chi connectivity index (χ2n) is 5.33. The molecule has 0 aliphatic heterocycles. The van der Waals surface area contributed by atoms with Gasteiger partial charge in [0.1, 0.15) is 5.75 Å². The molecule has 2 heteroatoms. The Kier molecular flexibility index (Phi) is 4.65. The van der Waals surface area contributed by atoms with Crippen LogP contribution in [0.4, 0.5) is 0 Å². The molecule has 1 aromatic carbocycles. The fraction of sp³-hybridized carbons (Fsp3) is 0.625. The number of hydrogen-bond donors (Lipinski definition) is 1. The van der Waals surface area contributed by atoms with Crippen LogP contribution in [0.5, 0.6) is 5.75 Å². The molecule has 18 heavy (non-hydrogen) atoms. The van der Waals surface area contributed by atoms with Gasteiger partial charge < -0.3 is 10.1 Å². The Morgan fingerprint density at radius 2 is 1.78 bits per heavy atom. The standard InChI is InChI=1S/C16H25NO/c1-3-18-15-9-7-14(8-10-15)16(13-17-2)11-5-4-6-12-16/h7-10,17H,3-6,11-13H2,1-2H3. The zero-order chi connectivity index (χ0) is 12.8. The summed E-state index contributed by atoms with van der Waals surface area (Å²) < 4.78 is 5.53. The molecule has 0 bridgehead atoms. The van der Waals surface area contributed by atoms with Gasteiger partial charge in [-0.15, -0.1) is 0 Å². The predicted octanol–water partition coefficient (Wildman–Crippen LogP) is 3.51. The number of likely N-dealkylation sites (N-methyl/N-ethyl adjacent to an activating group) is 1. The van der Waals surface area contributed by atoms with Crippen LogP contribution in [-0.2, 0) is 5.41 Å². The van der Waals surface area contributed by atoms with Gasteiger partial charge >= 0.3 is 0 Å². The first-order valence-electron chi connectivity index (χ1n) is 7.19. The highest BCUT2D eigenvalue weighted by molar-refractivity contribution is 5.33. The molecular formula is C16H25NO. The fourth-order valence-corrected chi connectivity index (χ4v) is 3.21. The lowest BCUT2D eigenvalue weighted by Crippen LogP contribution is -2.38. The van der Waals surface area contributed by atoms with E-state index in [0.717, 1.165) is 18.9 Å². The van der Waals surface area contributed by atoms with E-state index in [1.165, 1.54) is 37.7 Å². The van der Waals surface area contributed by atoms with E-state index in [9.17, 15) is 0 Å². The molecule has 1 N–H and O–H groups in total. The molecule has 100 valence electrons. The van der Waals surface area contributed by atoms with Gasteiger partial charge in [-0.3, -0.25) is 0 Å². The summed E-state index contributed by atoms with van der Waals surface area (Å²) in [6, 6.07) is 8.75. The zero-order valence-electron chi connectivity index (χ0n) is 11.7. The van der Waals surface area contributed by atoms with E-state index in [0.29, 0.717) is 5.41 Å². The van der Waals surface area contributed by atoms with Gasteiger partial charge in [-0.2, -0.15) is 0 Å². The van der Waals surface area contributed by atoms with Crippen LogP contribution < -0.4 is 10.1 Å². The Balaban J connectivity index is 2.19. The number of rotatable bonds is 5. The van der Waals surface area contributed by atoms with E-state index >= 15 is 0 Å². The van der Waals surface area contributed by atoms with E-state index in [2.05, 4.69) is 36.6 Å². The van der Waals surface area contributed by atoms with E-state index in [4.69, 9.17) is 4.74 Å². The van der Waals surface area contributed by atoms with E-state index < -0.39 is 0 Å². The van der Waals surface area contributed by atoms with Crippen molar-refractivity contribution >= 4 is 0 Å². The second-order valence-corrected chi connectivity index (χ2v) is 5.33. The molecule has 0 unspecified atom stereocenters. The summed E-state index contributed by atoms with van der Waals surface area (Å²) >= 11 is 0. The molecule has 1 fully saturated rings. The first kappa shape index (κ1) is 13.4. The Morgan fingerprint density at radius 1 is 1.11 bits per heavy atom. The largest absolute Gasteiger partial charge is 0.494 e. The second kappa shape index (κ2) is 6.24. The van der Waals surface area contributed by atoms with E-state index in [1.807, 2.05) is 6.92 Å². The zero-order valence-corrected chi connectivity index (χ0v) is 11.7. The van der Waals surface area contributed by atoms with Crippen LogP contribution in [0.2, 0.25) is 0 Å². The van der Waals surface area contributed by atoms with Gasteiger partial charge in [-0.05, 0) is 44.5 Å². The van der Waals surface area contributed by atoms with Crippen molar-refractivity contribution in [2.24, 2.45) is 0 Å². The minimum absolute atomic E-state index is 0.345. The topological polar surface area (TPSA) is 21.3 Å². The lowest BCUT2D eigenvalue weighted by molar-refractivity contribution is 0.285. The van der Waals surface area contributed by atoms with Crippen LogP contribution in [0.1, 0.15) is 44.6 Å². The van der Waals surface area contributed by atoms with Gasteiger partial charge in [0.2, 0.25) is 0 Å². The van der Waals surface area contributed by atoms with Crippen molar-refractivity contribution in [3.05, 3.63) is 29.8 Å². The average Bonchev–Trinajstić information content (AvgIpc) is 2.41. The van der Waals surface area contributed by atoms with Crippen LogP contribution in [-0.4, -0.2) is 20.2 Å². The monoisotopic (exact) mass is 247 g/mol. The predicted molar refractivity (Wildman–Crippen MR) is 76.3 cm³/mol. The molecule has 1 aliphatic carbocycles. The summed E-state index contributed by atoms with van der Waals surface area (Å²) in [6.07, 6.45) is 6.72. The van der Waals surface area contributed by atoms with Crippen molar-refractivity contribution in [2.45, 2.75) is 44.4 Å². The third-order valence-corrected chi connectivity index (χ3v) is 4.10. The lowest BCUT2D eigenvalue weighted by Gasteiger charge is -2.38. The van der Waals surface area contributed by atoms with Crippen molar-refractivity contribution in [2.75, 3.05) is 20.2 Å². The summed E-state index contributed by atoms with van der Waals surface area (Å²) in [5.74, 6) is 0.983. The maximum Gasteiger partial charge on any atom is 0.119 e. The first-order chi connectivity index (χ1) is 8.80. The molecular weight excluding hydrogens is 222 g/mol. The van der Waals surface area contributed by atoms with Crippen molar-refractivity contribution in [1.82, 2.24) is 5.32 Å². The number of ether oxygens (including phenoxy) is 1. The Labute approximate surface area is 111 Å². The van der Waals surface area contributed by atoms with E-state index in [1.54, 1.807) is 0 Å². The van der Waals surface area contributed by atoms with Crippen LogP contribution in [0.15, 0.2) is 24.3 Å². The Hall–Kier alpha value is -1.02. The van der Waals surface area contributed by atoms with Gasteiger partial charge in [0.15, 0.2) is 0 Å². The first-order valence-corrected chi connectivity index (χ1v) is 7.19. The molecule has 0 radical (unpaired) electrons. The van der Waals surface area contributed by atoms with E-state index in [-0.39, 0.29) is 0 Å². The molecule has 0 spiro atoms. The minimum Gasteiger partial charge on any atom is -0.494 e. The quantitative estimate of drug-likeness (QED) is 0.859. The van der Waals surface area contributed by atoms with Crippen LogP contribution in [0.25, 0.3) is 0 Å². The highest BCUT2D eigenvalue weighted by Crippen LogP contribution is 2.39. The molecule has 1 saturated carbocycles. The van der Waals surface area contributed by atoms with Crippen LogP contribution >= 0.6 is 0 Å². The molecule has 2 nitrogen and oxygen atoms in total. The molecule has 0 heterocycles. The molecule has 1 aromatic rings. The highest BCUT2D eigenvalue weighted by Gasteiger charge is 2.32. The van der Waals surface area contributed by atoms with Gasteiger partial charge in [-0.25, -0.2) is 0 Å². The summed E-state index contributed by atoms with van der Waals surface area (Å²) in [6.45, 7) is 3.85. The Bertz CT molecular complexity index is 346. The van der Waals surface area contributed by atoms with Crippen LogP contribution in [0, 0.1) is 0 Å². The number of benzene rings is 1. The van der Waals surface area contributed by atoms with Crippen molar-refractivity contribution in [1.29, 1.82) is 0 Å². The summed E-state index contributed by atoms with van der Waals surface area (Å²) in [5.41, 5.74) is 1.82. The minimum atomic E-state index is 0.345. The Morgan fingerprint density at radius 3 is 2.33 bits per heavy atom. The molecule has 0 aromatic heterocycles. The maximum atomic E-state index is 5.53. The summed E-state index contributed by atoms with van der Waals surface area (Å²) in [7, 11) is 2.06. The molecule has 0 amide bonds. The van der Waals surface area contributed by atoms with Gasteiger partial charge in [0, 0.05) is 12.0 Å². The van der Waals surface area contributed by atoms with Gasteiger partial charge in [-0.1, -0.05) is 31.4 Å². The summed E-state index contributed by atoms with van der Waals surface area (Å²) in [4.78, 5) is 0. The fourth-order valence-electron chi connectivity index (χ4n) is 3.21. The molecule has 1 aliphatic rings. The maximum absolute atomic E-state index is 5.53. The third-order valence-electron chi connectivity index (χ3n) is 4.10. The van der Waals surface area contributed by atoms with Crippen LogP contribution in [0.3, 0.4) is 0 Å². The van der Waals surface area contributed by atoms with Gasteiger partial charge in [0.25, 0.3) is 0 Å². The average molecular weight is 247 g/mol. The lowest BCUT2D eigenvalue weighted by atomic mass is 9.69. The molecule has 0 saturated heterocycles.